The summed E-state index contributed by atoms with van der Waals surface area (Å²) in [5.74, 6) is 0.892. The molecule has 0 aliphatic heterocycles. The van der Waals surface area contributed by atoms with Crippen LogP contribution in [0.25, 0.3) is 0 Å². The molecular weight excluding hydrogens is 280 g/mol. The van der Waals surface area contributed by atoms with Gasteiger partial charge in [-0.2, -0.15) is 0 Å². The quantitative estimate of drug-likeness (QED) is 0.901. The first-order chi connectivity index (χ1) is 8.19. The number of rotatable bonds is 3. The summed E-state index contributed by atoms with van der Waals surface area (Å²) in [5.41, 5.74) is 6.97. The van der Waals surface area contributed by atoms with Crippen LogP contribution in [0.15, 0.2) is 22.7 Å². The van der Waals surface area contributed by atoms with Crippen molar-refractivity contribution in [2.24, 2.45) is 5.73 Å². The van der Waals surface area contributed by atoms with Gasteiger partial charge in [0.05, 0.1) is 12.8 Å². The first-order valence-electron chi connectivity index (χ1n) is 6.04. The highest BCUT2D eigenvalue weighted by Crippen LogP contribution is 2.30. The molecule has 1 fully saturated rings. The molecule has 1 aliphatic carbocycles. The van der Waals surface area contributed by atoms with E-state index in [2.05, 4.69) is 27.3 Å². The number of halogens is 1. The Balaban J connectivity index is 2.04. The van der Waals surface area contributed by atoms with Crippen molar-refractivity contribution >= 4 is 21.6 Å². The Kier molecular flexibility index (Phi) is 4.29. The van der Waals surface area contributed by atoms with Gasteiger partial charge in [0.15, 0.2) is 0 Å². The molecule has 0 unspecified atom stereocenters. The van der Waals surface area contributed by atoms with Gasteiger partial charge < -0.3 is 15.8 Å². The highest BCUT2D eigenvalue weighted by molar-refractivity contribution is 9.10. The average Bonchev–Trinajstić information content (AvgIpc) is 2.32. The van der Waals surface area contributed by atoms with Gasteiger partial charge in [-0.05, 0) is 43.9 Å². The van der Waals surface area contributed by atoms with Gasteiger partial charge in [-0.1, -0.05) is 15.9 Å². The predicted octanol–water partition coefficient (Wildman–Crippen LogP) is 3.14. The highest BCUT2D eigenvalue weighted by atomic mass is 79.9. The molecule has 94 valence electrons. The Labute approximate surface area is 111 Å². The molecule has 0 spiro atoms. The third-order valence-corrected chi connectivity index (χ3v) is 3.79. The van der Waals surface area contributed by atoms with E-state index in [9.17, 15) is 0 Å². The summed E-state index contributed by atoms with van der Waals surface area (Å²) >= 11 is 3.48. The summed E-state index contributed by atoms with van der Waals surface area (Å²) < 4.78 is 6.42. The average molecular weight is 299 g/mol. The molecule has 4 heteroatoms. The summed E-state index contributed by atoms with van der Waals surface area (Å²) in [5, 5.41) is 3.55. The maximum absolute atomic E-state index is 5.91. The molecule has 0 amide bonds. The zero-order chi connectivity index (χ0) is 12.3. The third kappa shape index (κ3) is 3.36. The molecule has 3 N–H and O–H groups in total. The minimum atomic E-state index is 0.387. The zero-order valence-corrected chi connectivity index (χ0v) is 11.7. The maximum atomic E-state index is 5.91. The second-order valence-electron chi connectivity index (χ2n) is 4.60. The van der Waals surface area contributed by atoms with Gasteiger partial charge in [0, 0.05) is 16.6 Å². The topological polar surface area (TPSA) is 47.3 Å². The lowest BCUT2D eigenvalue weighted by Crippen LogP contribution is -2.32. The van der Waals surface area contributed by atoms with Crippen LogP contribution >= 0.6 is 15.9 Å². The van der Waals surface area contributed by atoms with E-state index < -0.39 is 0 Å². The lowest BCUT2D eigenvalue weighted by atomic mass is 9.91. The van der Waals surface area contributed by atoms with Crippen LogP contribution in [0.3, 0.4) is 0 Å². The van der Waals surface area contributed by atoms with E-state index >= 15 is 0 Å². The summed E-state index contributed by atoms with van der Waals surface area (Å²) in [6, 6.07) is 6.92. The number of nitrogens with two attached hydrogens (primary N) is 1. The number of benzene rings is 1. The lowest BCUT2D eigenvalue weighted by molar-refractivity contribution is 0.401. The maximum Gasteiger partial charge on any atom is 0.142 e. The van der Waals surface area contributed by atoms with Gasteiger partial charge in [0.1, 0.15) is 5.75 Å². The van der Waals surface area contributed by atoms with Crippen LogP contribution in [0.5, 0.6) is 5.75 Å². The first kappa shape index (κ1) is 12.7. The molecule has 0 radical (unpaired) electrons. The molecule has 1 saturated carbocycles. The van der Waals surface area contributed by atoms with Crippen LogP contribution < -0.4 is 15.8 Å². The molecule has 1 aromatic carbocycles. The molecule has 0 bridgehead atoms. The molecule has 2 rings (SSSR count). The van der Waals surface area contributed by atoms with Gasteiger partial charge in [-0.25, -0.2) is 0 Å². The third-order valence-electron chi connectivity index (χ3n) is 3.29. The Hall–Kier alpha value is -0.740. The number of methoxy groups -OCH3 is 1. The Morgan fingerprint density at radius 1 is 1.29 bits per heavy atom. The first-order valence-corrected chi connectivity index (χ1v) is 6.84. The van der Waals surface area contributed by atoms with Crippen molar-refractivity contribution in [1.82, 2.24) is 0 Å². The Morgan fingerprint density at radius 2 is 2.00 bits per heavy atom. The summed E-state index contributed by atoms with van der Waals surface area (Å²) in [7, 11) is 1.70. The monoisotopic (exact) mass is 298 g/mol. The van der Waals surface area contributed by atoms with Gasteiger partial charge in [0.2, 0.25) is 0 Å². The van der Waals surface area contributed by atoms with E-state index in [1.807, 2.05) is 12.1 Å². The number of nitrogens with one attached hydrogen (secondary N) is 1. The van der Waals surface area contributed by atoms with Gasteiger partial charge in [-0.3, -0.25) is 0 Å². The van der Waals surface area contributed by atoms with E-state index in [1.165, 1.54) is 0 Å². The summed E-state index contributed by atoms with van der Waals surface area (Å²) in [6.07, 6.45) is 4.48. The van der Waals surface area contributed by atoms with Crippen LogP contribution in [0, 0.1) is 0 Å². The van der Waals surface area contributed by atoms with Crippen molar-refractivity contribution in [3.63, 3.8) is 0 Å². The molecule has 1 aromatic rings. The molecular formula is C13H19BrN2O. The molecule has 0 heterocycles. The van der Waals surface area contributed by atoms with E-state index in [-0.39, 0.29) is 0 Å². The normalized spacial score (nSPS) is 24.4. The van der Waals surface area contributed by atoms with E-state index in [0.717, 1.165) is 41.6 Å². The van der Waals surface area contributed by atoms with Crippen molar-refractivity contribution in [1.29, 1.82) is 0 Å². The largest absolute Gasteiger partial charge is 0.495 e. The Morgan fingerprint density at radius 3 is 2.65 bits per heavy atom. The molecule has 3 nitrogen and oxygen atoms in total. The van der Waals surface area contributed by atoms with Crippen LogP contribution in [-0.4, -0.2) is 19.2 Å². The van der Waals surface area contributed by atoms with Gasteiger partial charge >= 0.3 is 0 Å². The molecule has 0 saturated heterocycles. The predicted molar refractivity (Wildman–Crippen MR) is 74.5 cm³/mol. The number of hydrogen-bond acceptors (Lipinski definition) is 3. The van der Waals surface area contributed by atoms with Crippen molar-refractivity contribution in [3.05, 3.63) is 22.7 Å². The van der Waals surface area contributed by atoms with E-state index in [0.29, 0.717) is 12.1 Å². The van der Waals surface area contributed by atoms with Crippen molar-refractivity contribution in [2.45, 2.75) is 37.8 Å². The second kappa shape index (κ2) is 5.74. The van der Waals surface area contributed by atoms with Crippen molar-refractivity contribution in [2.75, 3.05) is 12.4 Å². The number of ether oxygens (including phenoxy) is 1. The van der Waals surface area contributed by atoms with E-state index in [4.69, 9.17) is 10.5 Å². The van der Waals surface area contributed by atoms with Crippen LogP contribution in [0.4, 0.5) is 5.69 Å². The van der Waals surface area contributed by atoms with Crippen LogP contribution in [-0.2, 0) is 0 Å². The molecule has 0 aromatic heterocycles. The van der Waals surface area contributed by atoms with E-state index in [1.54, 1.807) is 7.11 Å². The fraction of sp³-hybridized carbons (Fsp3) is 0.538. The standard InChI is InChI=1S/C13H19BrN2O/c1-17-13-7-2-9(14)8-12(13)16-11-5-3-10(15)4-6-11/h2,7-8,10-11,16H,3-6,15H2,1H3. The number of hydrogen-bond donors (Lipinski definition) is 2. The fourth-order valence-electron chi connectivity index (χ4n) is 2.28. The second-order valence-corrected chi connectivity index (χ2v) is 5.52. The SMILES string of the molecule is COc1ccc(Br)cc1NC1CCC(N)CC1. The number of anilines is 1. The Bertz CT molecular complexity index is 376. The minimum absolute atomic E-state index is 0.387. The lowest BCUT2D eigenvalue weighted by Gasteiger charge is -2.28. The van der Waals surface area contributed by atoms with Gasteiger partial charge in [-0.15, -0.1) is 0 Å². The molecule has 0 atom stereocenters. The minimum Gasteiger partial charge on any atom is -0.495 e. The summed E-state index contributed by atoms with van der Waals surface area (Å²) in [4.78, 5) is 0. The van der Waals surface area contributed by atoms with Gasteiger partial charge in [0.25, 0.3) is 0 Å². The zero-order valence-electron chi connectivity index (χ0n) is 10.1. The van der Waals surface area contributed by atoms with Crippen LogP contribution in [0.1, 0.15) is 25.7 Å². The smallest absolute Gasteiger partial charge is 0.142 e. The van der Waals surface area contributed by atoms with Crippen molar-refractivity contribution in [3.8, 4) is 5.75 Å². The highest BCUT2D eigenvalue weighted by Gasteiger charge is 2.19. The fourth-order valence-corrected chi connectivity index (χ4v) is 2.64. The molecule has 17 heavy (non-hydrogen) atoms. The molecule has 1 aliphatic rings. The summed E-state index contributed by atoms with van der Waals surface area (Å²) in [6.45, 7) is 0. The van der Waals surface area contributed by atoms with Crippen LogP contribution in [0.2, 0.25) is 0 Å². The van der Waals surface area contributed by atoms with Crippen molar-refractivity contribution < 1.29 is 4.74 Å².